The molecule has 0 aliphatic heterocycles. The van der Waals surface area contributed by atoms with Gasteiger partial charge in [-0.3, -0.25) is 9.59 Å². The molecule has 1 aliphatic carbocycles. The van der Waals surface area contributed by atoms with Gasteiger partial charge in [0.25, 0.3) is 0 Å². The van der Waals surface area contributed by atoms with Crippen LogP contribution in [0.25, 0.3) is 0 Å². The van der Waals surface area contributed by atoms with Crippen molar-refractivity contribution in [3.05, 3.63) is 36.0 Å². The number of hydrogen-bond donors (Lipinski definition) is 2. The topological polar surface area (TPSA) is 98.1 Å². The van der Waals surface area contributed by atoms with E-state index in [0.717, 1.165) is 24.2 Å². The van der Waals surface area contributed by atoms with Crippen LogP contribution in [-0.2, 0) is 22.7 Å². The highest BCUT2D eigenvalue weighted by atomic mass is 16.5. The quantitative estimate of drug-likeness (QED) is 0.788. The molecule has 0 saturated heterocycles. The van der Waals surface area contributed by atoms with E-state index < -0.39 is 0 Å². The molecule has 1 aliphatic rings. The molecule has 1 aromatic carbocycles. The summed E-state index contributed by atoms with van der Waals surface area (Å²) in [7, 11) is 1.61. The standard InChI is InChI=1S/C16H19N5O3/c1-24-13-6-2-11(3-7-13)8-17-15(22)10-21-9-14(19-20-21)18-16(23)12-4-5-12/h2-3,6-7,9,12H,4-5,8,10H2,1H3,(H,17,22)(H,18,23). The zero-order valence-corrected chi connectivity index (χ0v) is 13.4. The number of methoxy groups -OCH3 is 1. The minimum absolute atomic E-state index is 0.0361. The zero-order chi connectivity index (χ0) is 16.9. The van der Waals surface area contributed by atoms with Crippen molar-refractivity contribution in [2.45, 2.75) is 25.9 Å². The van der Waals surface area contributed by atoms with Crippen molar-refractivity contribution in [1.29, 1.82) is 0 Å². The van der Waals surface area contributed by atoms with E-state index in [1.807, 2.05) is 24.3 Å². The monoisotopic (exact) mass is 329 g/mol. The summed E-state index contributed by atoms with van der Waals surface area (Å²) in [5.74, 6) is 1.02. The molecule has 1 heterocycles. The second-order valence-electron chi connectivity index (χ2n) is 5.69. The van der Waals surface area contributed by atoms with Crippen molar-refractivity contribution in [3.8, 4) is 5.75 Å². The number of benzene rings is 1. The lowest BCUT2D eigenvalue weighted by Crippen LogP contribution is -2.27. The third-order valence-corrected chi connectivity index (χ3v) is 3.69. The molecule has 1 fully saturated rings. The second kappa shape index (κ2) is 7.12. The van der Waals surface area contributed by atoms with E-state index in [4.69, 9.17) is 4.74 Å². The van der Waals surface area contributed by atoms with Crippen molar-refractivity contribution < 1.29 is 14.3 Å². The molecule has 126 valence electrons. The van der Waals surface area contributed by atoms with E-state index in [1.54, 1.807) is 13.3 Å². The van der Waals surface area contributed by atoms with E-state index in [2.05, 4.69) is 20.9 Å². The van der Waals surface area contributed by atoms with Gasteiger partial charge < -0.3 is 15.4 Å². The second-order valence-corrected chi connectivity index (χ2v) is 5.69. The summed E-state index contributed by atoms with van der Waals surface area (Å²) >= 11 is 0. The summed E-state index contributed by atoms with van der Waals surface area (Å²) in [6.07, 6.45) is 3.40. The maximum Gasteiger partial charge on any atom is 0.242 e. The van der Waals surface area contributed by atoms with Crippen LogP contribution in [-0.4, -0.2) is 33.9 Å². The van der Waals surface area contributed by atoms with Crippen LogP contribution in [0.2, 0.25) is 0 Å². The lowest BCUT2D eigenvalue weighted by molar-refractivity contribution is -0.122. The van der Waals surface area contributed by atoms with Gasteiger partial charge >= 0.3 is 0 Å². The maximum absolute atomic E-state index is 11.9. The van der Waals surface area contributed by atoms with E-state index in [1.165, 1.54) is 4.68 Å². The van der Waals surface area contributed by atoms with Crippen molar-refractivity contribution in [2.75, 3.05) is 12.4 Å². The van der Waals surface area contributed by atoms with E-state index in [-0.39, 0.29) is 24.3 Å². The molecule has 0 bridgehead atoms. The number of anilines is 1. The van der Waals surface area contributed by atoms with Crippen LogP contribution in [0, 0.1) is 5.92 Å². The summed E-state index contributed by atoms with van der Waals surface area (Å²) in [4.78, 5) is 23.6. The van der Waals surface area contributed by atoms with Gasteiger partial charge in [-0.05, 0) is 30.5 Å². The van der Waals surface area contributed by atoms with E-state index in [0.29, 0.717) is 12.4 Å². The van der Waals surface area contributed by atoms with Gasteiger partial charge in [0, 0.05) is 12.5 Å². The molecule has 2 amide bonds. The first-order valence-electron chi connectivity index (χ1n) is 7.74. The van der Waals surface area contributed by atoms with Crippen LogP contribution < -0.4 is 15.4 Å². The highest BCUT2D eigenvalue weighted by Crippen LogP contribution is 2.29. The Hall–Kier alpha value is -2.90. The largest absolute Gasteiger partial charge is 0.497 e. The number of nitrogens with zero attached hydrogens (tertiary/aromatic N) is 3. The van der Waals surface area contributed by atoms with Crippen molar-refractivity contribution in [3.63, 3.8) is 0 Å². The Kier molecular flexibility index (Phi) is 4.74. The predicted octanol–water partition coefficient (Wildman–Crippen LogP) is 0.952. The molecule has 24 heavy (non-hydrogen) atoms. The Bertz CT molecular complexity index is 722. The Morgan fingerprint density at radius 1 is 1.29 bits per heavy atom. The van der Waals surface area contributed by atoms with Crippen LogP contribution in [0.4, 0.5) is 5.82 Å². The number of ether oxygens (including phenoxy) is 1. The van der Waals surface area contributed by atoms with E-state index in [9.17, 15) is 9.59 Å². The first-order valence-corrected chi connectivity index (χ1v) is 7.74. The lowest BCUT2D eigenvalue weighted by atomic mass is 10.2. The first-order chi connectivity index (χ1) is 11.6. The smallest absolute Gasteiger partial charge is 0.242 e. The van der Waals surface area contributed by atoms with Crippen molar-refractivity contribution in [1.82, 2.24) is 20.3 Å². The average molecular weight is 329 g/mol. The summed E-state index contributed by atoms with van der Waals surface area (Å²) in [6, 6.07) is 7.46. The summed E-state index contributed by atoms with van der Waals surface area (Å²) in [6.45, 7) is 0.464. The van der Waals surface area contributed by atoms with Crippen LogP contribution in [0.1, 0.15) is 18.4 Å². The number of carbonyl (C=O) groups excluding carboxylic acids is 2. The minimum Gasteiger partial charge on any atom is -0.497 e. The van der Waals surface area contributed by atoms with E-state index >= 15 is 0 Å². The number of rotatable bonds is 7. The van der Waals surface area contributed by atoms with Gasteiger partial charge in [-0.15, -0.1) is 5.10 Å². The zero-order valence-electron chi connectivity index (χ0n) is 13.4. The average Bonchev–Trinajstić information content (AvgIpc) is 3.36. The van der Waals surface area contributed by atoms with Crippen molar-refractivity contribution >= 4 is 17.6 Å². The summed E-state index contributed by atoms with van der Waals surface area (Å²) < 4.78 is 6.48. The highest BCUT2D eigenvalue weighted by Gasteiger charge is 2.30. The fourth-order valence-electron chi connectivity index (χ4n) is 2.15. The third kappa shape index (κ3) is 4.31. The molecule has 0 unspecified atom stereocenters. The molecular weight excluding hydrogens is 310 g/mol. The number of amides is 2. The van der Waals surface area contributed by atoms with Crippen LogP contribution in [0.15, 0.2) is 30.5 Å². The molecule has 1 aromatic heterocycles. The van der Waals surface area contributed by atoms with Crippen LogP contribution in [0.3, 0.4) is 0 Å². The number of aromatic nitrogens is 3. The molecule has 3 rings (SSSR count). The fourth-order valence-corrected chi connectivity index (χ4v) is 2.15. The van der Waals surface area contributed by atoms with Gasteiger partial charge in [0.05, 0.1) is 13.3 Å². The van der Waals surface area contributed by atoms with Gasteiger partial charge in [0.2, 0.25) is 11.8 Å². The Morgan fingerprint density at radius 3 is 2.71 bits per heavy atom. The van der Waals surface area contributed by atoms with Crippen LogP contribution in [0.5, 0.6) is 5.75 Å². The number of nitrogens with one attached hydrogen (secondary N) is 2. The van der Waals surface area contributed by atoms with Gasteiger partial charge in [-0.1, -0.05) is 17.3 Å². The normalized spacial score (nSPS) is 13.4. The SMILES string of the molecule is COc1ccc(CNC(=O)Cn2cc(NC(=O)C3CC3)nn2)cc1. The minimum atomic E-state index is -0.184. The van der Waals surface area contributed by atoms with Gasteiger partial charge in [0.1, 0.15) is 12.3 Å². The Morgan fingerprint density at radius 2 is 2.04 bits per heavy atom. The molecular formula is C16H19N5O3. The molecule has 0 spiro atoms. The summed E-state index contributed by atoms with van der Waals surface area (Å²) in [5, 5.41) is 13.2. The Labute approximate surface area is 139 Å². The Balaban J connectivity index is 1.45. The van der Waals surface area contributed by atoms with Gasteiger partial charge in [0.15, 0.2) is 5.82 Å². The maximum atomic E-state index is 11.9. The molecule has 0 atom stereocenters. The first kappa shape index (κ1) is 16.0. The highest BCUT2D eigenvalue weighted by molar-refractivity contribution is 5.93. The predicted molar refractivity (Wildman–Crippen MR) is 86.2 cm³/mol. The molecule has 8 heteroatoms. The molecule has 1 saturated carbocycles. The molecule has 2 N–H and O–H groups in total. The van der Waals surface area contributed by atoms with Crippen LogP contribution >= 0.6 is 0 Å². The molecule has 0 radical (unpaired) electrons. The number of hydrogen-bond acceptors (Lipinski definition) is 5. The molecule has 2 aromatic rings. The lowest BCUT2D eigenvalue weighted by Gasteiger charge is -2.06. The summed E-state index contributed by atoms with van der Waals surface area (Å²) in [5.41, 5.74) is 0.972. The molecule has 8 nitrogen and oxygen atoms in total. The fraction of sp³-hybridized carbons (Fsp3) is 0.375. The third-order valence-electron chi connectivity index (χ3n) is 3.69. The number of carbonyl (C=O) groups is 2. The van der Waals surface area contributed by atoms with Gasteiger partial charge in [-0.25, -0.2) is 4.68 Å². The van der Waals surface area contributed by atoms with Crippen molar-refractivity contribution in [2.24, 2.45) is 5.92 Å². The van der Waals surface area contributed by atoms with Gasteiger partial charge in [-0.2, -0.15) is 0 Å².